The first-order valence-corrected chi connectivity index (χ1v) is 10.3. The molecule has 3 aromatic rings. The second-order valence-corrected chi connectivity index (χ2v) is 7.37. The van der Waals surface area contributed by atoms with Crippen molar-refractivity contribution < 1.29 is 23.8 Å². The number of amides is 2. The number of para-hydroxylation sites is 2. The highest BCUT2D eigenvalue weighted by Crippen LogP contribution is 2.39. The number of nitrogens with zero attached hydrogens (tertiary/aromatic N) is 1. The molecular formula is C26H24N2O5. The van der Waals surface area contributed by atoms with Crippen LogP contribution in [-0.2, 0) is 9.59 Å². The summed E-state index contributed by atoms with van der Waals surface area (Å²) in [5, 5.41) is 3.14. The van der Waals surface area contributed by atoms with Gasteiger partial charge in [0.05, 0.1) is 38.3 Å². The number of hydrogen-bond acceptors (Lipinski definition) is 6. The van der Waals surface area contributed by atoms with E-state index in [0.717, 1.165) is 5.56 Å². The van der Waals surface area contributed by atoms with E-state index in [-0.39, 0.29) is 11.3 Å². The molecule has 1 N–H and O–H groups in total. The Morgan fingerprint density at radius 1 is 0.758 bits per heavy atom. The molecule has 33 heavy (non-hydrogen) atoms. The zero-order chi connectivity index (χ0) is 23.5. The zero-order valence-corrected chi connectivity index (χ0v) is 18.8. The van der Waals surface area contributed by atoms with Gasteiger partial charge in [-0.1, -0.05) is 36.4 Å². The van der Waals surface area contributed by atoms with Crippen LogP contribution in [0.2, 0.25) is 0 Å². The van der Waals surface area contributed by atoms with Gasteiger partial charge in [-0.15, -0.1) is 0 Å². The minimum Gasteiger partial charge on any atom is -0.497 e. The van der Waals surface area contributed by atoms with Crippen LogP contribution in [0.1, 0.15) is 11.1 Å². The molecule has 0 bridgehead atoms. The number of aryl methyl sites for hydroxylation is 1. The lowest BCUT2D eigenvalue weighted by Gasteiger charge is -2.18. The van der Waals surface area contributed by atoms with Crippen molar-refractivity contribution in [2.75, 3.05) is 31.5 Å². The van der Waals surface area contributed by atoms with Gasteiger partial charge in [0.25, 0.3) is 11.8 Å². The Hall–Kier alpha value is -4.26. The summed E-state index contributed by atoms with van der Waals surface area (Å²) in [4.78, 5) is 28.5. The van der Waals surface area contributed by atoms with E-state index in [0.29, 0.717) is 34.2 Å². The zero-order valence-electron chi connectivity index (χ0n) is 18.8. The number of methoxy groups -OCH3 is 3. The van der Waals surface area contributed by atoms with Crippen molar-refractivity contribution in [2.24, 2.45) is 0 Å². The summed E-state index contributed by atoms with van der Waals surface area (Å²) in [7, 11) is 4.61. The molecule has 0 radical (unpaired) electrons. The largest absolute Gasteiger partial charge is 0.497 e. The molecule has 1 aliphatic rings. The maximum absolute atomic E-state index is 13.7. The van der Waals surface area contributed by atoms with E-state index in [1.54, 1.807) is 55.6 Å². The van der Waals surface area contributed by atoms with Gasteiger partial charge in [0.1, 0.15) is 22.9 Å². The Morgan fingerprint density at radius 3 is 2.15 bits per heavy atom. The Bertz CT molecular complexity index is 1270. The number of ether oxygens (including phenoxy) is 3. The van der Waals surface area contributed by atoms with Crippen LogP contribution in [0.25, 0.3) is 5.57 Å². The summed E-state index contributed by atoms with van der Waals surface area (Å²) in [5.74, 6) is 0.658. The van der Waals surface area contributed by atoms with E-state index in [1.807, 2.05) is 25.1 Å². The Kier molecular flexibility index (Phi) is 6.04. The molecule has 2 amide bonds. The van der Waals surface area contributed by atoms with Crippen LogP contribution in [0, 0.1) is 6.92 Å². The molecular weight excluding hydrogens is 420 g/mol. The number of benzene rings is 3. The molecule has 4 rings (SSSR count). The number of imide groups is 1. The van der Waals surface area contributed by atoms with Crippen LogP contribution in [0.3, 0.4) is 0 Å². The molecule has 1 heterocycles. The van der Waals surface area contributed by atoms with Crippen LogP contribution < -0.4 is 24.4 Å². The lowest BCUT2D eigenvalue weighted by atomic mass is 10.0. The fourth-order valence-electron chi connectivity index (χ4n) is 3.82. The summed E-state index contributed by atoms with van der Waals surface area (Å²) in [6.45, 7) is 1.86. The van der Waals surface area contributed by atoms with Crippen LogP contribution in [-0.4, -0.2) is 33.1 Å². The van der Waals surface area contributed by atoms with Gasteiger partial charge in [0.15, 0.2) is 0 Å². The molecule has 0 atom stereocenters. The van der Waals surface area contributed by atoms with E-state index in [1.165, 1.54) is 19.1 Å². The molecule has 7 heteroatoms. The molecule has 7 nitrogen and oxygen atoms in total. The second-order valence-electron chi connectivity index (χ2n) is 7.37. The molecule has 0 spiro atoms. The maximum Gasteiger partial charge on any atom is 0.282 e. The number of rotatable bonds is 7. The summed E-state index contributed by atoms with van der Waals surface area (Å²) in [5.41, 5.74) is 2.73. The van der Waals surface area contributed by atoms with Gasteiger partial charge < -0.3 is 19.5 Å². The van der Waals surface area contributed by atoms with Crippen molar-refractivity contribution in [1.82, 2.24) is 0 Å². The summed E-state index contributed by atoms with van der Waals surface area (Å²) in [6, 6.07) is 19.6. The quantitative estimate of drug-likeness (QED) is 0.544. The lowest BCUT2D eigenvalue weighted by Crippen LogP contribution is -2.33. The van der Waals surface area contributed by atoms with E-state index in [9.17, 15) is 9.59 Å². The fourth-order valence-corrected chi connectivity index (χ4v) is 3.82. The van der Waals surface area contributed by atoms with Crippen LogP contribution in [0.15, 0.2) is 72.4 Å². The van der Waals surface area contributed by atoms with Crippen molar-refractivity contribution in [3.63, 3.8) is 0 Å². The monoisotopic (exact) mass is 444 g/mol. The SMILES string of the molecule is COc1ccc(NC2=C(c3ccccc3OC)C(=O)N(c3ccccc3C)C2=O)c(OC)c1. The molecule has 0 aromatic heterocycles. The van der Waals surface area contributed by atoms with Gasteiger partial charge in [-0.2, -0.15) is 0 Å². The Balaban J connectivity index is 1.89. The minimum atomic E-state index is -0.465. The third kappa shape index (κ3) is 3.89. The maximum atomic E-state index is 13.7. The third-order valence-electron chi connectivity index (χ3n) is 5.48. The molecule has 0 aliphatic carbocycles. The number of nitrogens with one attached hydrogen (secondary N) is 1. The van der Waals surface area contributed by atoms with Crippen molar-refractivity contribution >= 4 is 28.8 Å². The van der Waals surface area contributed by atoms with E-state index >= 15 is 0 Å². The summed E-state index contributed by atoms with van der Waals surface area (Å²) >= 11 is 0. The van der Waals surface area contributed by atoms with Gasteiger partial charge in [-0.25, -0.2) is 4.90 Å². The minimum absolute atomic E-state index is 0.135. The van der Waals surface area contributed by atoms with Gasteiger partial charge >= 0.3 is 0 Å². The van der Waals surface area contributed by atoms with E-state index < -0.39 is 11.8 Å². The van der Waals surface area contributed by atoms with Gasteiger partial charge in [0.2, 0.25) is 0 Å². The second kappa shape index (κ2) is 9.08. The highest BCUT2D eigenvalue weighted by atomic mass is 16.5. The van der Waals surface area contributed by atoms with Crippen molar-refractivity contribution in [3.05, 3.63) is 83.6 Å². The van der Waals surface area contributed by atoms with Crippen molar-refractivity contribution in [3.8, 4) is 17.2 Å². The predicted molar refractivity (Wildman–Crippen MR) is 127 cm³/mol. The molecule has 0 saturated carbocycles. The highest BCUT2D eigenvalue weighted by Gasteiger charge is 2.42. The summed E-state index contributed by atoms with van der Waals surface area (Å²) < 4.78 is 16.2. The number of anilines is 2. The predicted octanol–water partition coefficient (Wildman–Crippen LogP) is 4.42. The average Bonchev–Trinajstić information content (AvgIpc) is 3.08. The molecule has 168 valence electrons. The van der Waals surface area contributed by atoms with Crippen LogP contribution in [0.5, 0.6) is 17.2 Å². The first-order chi connectivity index (χ1) is 16.0. The lowest BCUT2D eigenvalue weighted by molar-refractivity contribution is -0.120. The molecule has 0 fully saturated rings. The van der Waals surface area contributed by atoms with Gasteiger partial charge in [-0.05, 0) is 36.8 Å². The topological polar surface area (TPSA) is 77.1 Å². The summed E-state index contributed by atoms with van der Waals surface area (Å²) in [6.07, 6.45) is 0. The first-order valence-electron chi connectivity index (χ1n) is 10.3. The van der Waals surface area contributed by atoms with E-state index in [2.05, 4.69) is 5.32 Å². The van der Waals surface area contributed by atoms with Gasteiger partial charge in [-0.3, -0.25) is 9.59 Å². The Morgan fingerprint density at radius 2 is 1.45 bits per heavy atom. The van der Waals surface area contributed by atoms with Crippen LogP contribution in [0.4, 0.5) is 11.4 Å². The Labute approximate surface area is 192 Å². The smallest absolute Gasteiger partial charge is 0.282 e. The molecule has 0 saturated heterocycles. The number of carbonyl (C=O) groups excluding carboxylic acids is 2. The molecule has 3 aromatic carbocycles. The molecule has 0 unspecified atom stereocenters. The van der Waals surface area contributed by atoms with E-state index in [4.69, 9.17) is 14.2 Å². The number of carbonyl (C=O) groups is 2. The standard InChI is InChI=1S/C26H24N2O5/c1-16-9-5-7-11-20(16)28-25(29)23(18-10-6-8-12-21(18)32-3)24(26(28)30)27-19-14-13-17(31-2)15-22(19)33-4/h5-15,27H,1-4H3. The highest BCUT2D eigenvalue weighted by molar-refractivity contribution is 6.46. The fraction of sp³-hybridized carbons (Fsp3) is 0.154. The third-order valence-corrected chi connectivity index (χ3v) is 5.48. The number of hydrogen-bond donors (Lipinski definition) is 1. The van der Waals surface area contributed by atoms with Crippen molar-refractivity contribution in [1.29, 1.82) is 0 Å². The first kappa shape index (κ1) is 22.0. The molecule has 1 aliphatic heterocycles. The van der Waals surface area contributed by atoms with Gasteiger partial charge in [0, 0.05) is 11.6 Å². The normalized spacial score (nSPS) is 13.4. The average molecular weight is 444 g/mol. The van der Waals surface area contributed by atoms with Crippen LogP contribution >= 0.6 is 0 Å². The van der Waals surface area contributed by atoms with Crippen molar-refractivity contribution in [2.45, 2.75) is 6.92 Å².